The third kappa shape index (κ3) is 4.26. The van der Waals surface area contributed by atoms with Crippen molar-refractivity contribution in [2.45, 2.75) is 18.2 Å². The molecule has 1 fully saturated rings. The fourth-order valence-corrected chi connectivity index (χ4v) is 4.95. The molecular formula is C24H23FN4O3S. The molecule has 0 bridgehead atoms. The van der Waals surface area contributed by atoms with Crippen LogP contribution in [0.2, 0.25) is 0 Å². The van der Waals surface area contributed by atoms with Crippen LogP contribution in [-0.4, -0.2) is 58.0 Å². The van der Waals surface area contributed by atoms with Gasteiger partial charge in [-0.3, -0.25) is 9.20 Å². The minimum atomic E-state index is -0.292. The van der Waals surface area contributed by atoms with E-state index in [9.17, 15) is 9.18 Å². The standard InChI is InChI=1S/C24H23FN4O3S/c1-15-11-22-26-27-24(29(22)20-12-18(31-2)7-8-19(15)20)33-14-23(30)28-9-10-32-21(13-28)16-3-5-17(25)6-4-16/h3-8,11-12,21H,9-10,13-14H2,1-2H3. The average molecular weight is 467 g/mol. The smallest absolute Gasteiger partial charge is 0.233 e. The molecule has 33 heavy (non-hydrogen) atoms. The Morgan fingerprint density at radius 1 is 1.21 bits per heavy atom. The van der Waals surface area contributed by atoms with Crippen molar-refractivity contribution < 1.29 is 18.7 Å². The van der Waals surface area contributed by atoms with E-state index in [-0.39, 0.29) is 23.6 Å². The summed E-state index contributed by atoms with van der Waals surface area (Å²) in [5.41, 5.74) is 3.62. The van der Waals surface area contributed by atoms with Crippen LogP contribution in [0.15, 0.2) is 53.7 Å². The van der Waals surface area contributed by atoms with Gasteiger partial charge in [0.2, 0.25) is 5.91 Å². The van der Waals surface area contributed by atoms with Crippen molar-refractivity contribution in [1.82, 2.24) is 19.5 Å². The molecule has 9 heteroatoms. The van der Waals surface area contributed by atoms with Gasteiger partial charge in [-0.15, -0.1) is 10.2 Å². The van der Waals surface area contributed by atoms with Crippen molar-refractivity contribution in [1.29, 1.82) is 0 Å². The zero-order valence-electron chi connectivity index (χ0n) is 18.3. The lowest BCUT2D eigenvalue weighted by molar-refractivity contribution is -0.136. The number of benzene rings is 2. The number of aromatic nitrogens is 3. The molecular weight excluding hydrogens is 443 g/mol. The molecule has 1 aliphatic rings. The molecule has 0 saturated carbocycles. The predicted octanol–water partition coefficient (Wildman–Crippen LogP) is 4.03. The predicted molar refractivity (Wildman–Crippen MR) is 124 cm³/mol. The monoisotopic (exact) mass is 466 g/mol. The number of rotatable bonds is 5. The molecule has 1 atom stereocenters. The number of hydrogen-bond donors (Lipinski definition) is 0. The zero-order chi connectivity index (χ0) is 22.9. The van der Waals surface area contributed by atoms with Crippen LogP contribution in [0.1, 0.15) is 17.2 Å². The number of halogens is 1. The van der Waals surface area contributed by atoms with E-state index in [1.165, 1.54) is 23.9 Å². The molecule has 3 heterocycles. The van der Waals surface area contributed by atoms with Gasteiger partial charge in [-0.05, 0) is 48.4 Å². The molecule has 1 saturated heterocycles. The van der Waals surface area contributed by atoms with Gasteiger partial charge in [0.05, 0.1) is 31.5 Å². The minimum absolute atomic E-state index is 0.00107. The third-order valence-corrected chi connectivity index (χ3v) is 6.77. The second-order valence-electron chi connectivity index (χ2n) is 7.93. The number of carbonyl (C=O) groups excluding carboxylic acids is 1. The number of morpholine rings is 1. The minimum Gasteiger partial charge on any atom is -0.497 e. The SMILES string of the molecule is COc1ccc2c(C)cc3nnc(SCC(=O)N4CCOC(c5ccc(F)cc5)C4)n3c2c1. The number of amides is 1. The molecule has 170 valence electrons. The first-order chi connectivity index (χ1) is 16.0. The van der Waals surface area contributed by atoms with E-state index in [0.29, 0.717) is 24.9 Å². The van der Waals surface area contributed by atoms with E-state index >= 15 is 0 Å². The lowest BCUT2D eigenvalue weighted by Crippen LogP contribution is -2.43. The van der Waals surface area contributed by atoms with Crippen LogP contribution in [0.4, 0.5) is 4.39 Å². The van der Waals surface area contributed by atoms with Crippen LogP contribution < -0.4 is 4.74 Å². The van der Waals surface area contributed by atoms with Gasteiger partial charge < -0.3 is 14.4 Å². The number of aryl methyl sites for hydroxylation is 1. The first-order valence-electron chi connectivity index (χ1n) is 10.6. The topological polar surface area (TPSA) is 69.0 Å². The number of thioether (sulfide) groups is 1. The second kappa shape index (κ2) is 8.99. The molecule has 0 N–H and O–H groups in total. The number of ether oxygens (including phenoxy) is 2. The summed E-state index contributed by atoms with van der Waals surface area (Å²) in [5, 5.41) is 10.4. The Labute approximate surface area is 194 Å². The molecule has 1 unspecified atom stereocenters. The lowest BCUT2D eigenvalue weighted by Gasteiger charge is -2.33. The molecule has 2 aromatic carbocycles. The van der Waals surface area contributed by atoms with E-state index in [4.69, 9.17) is 9.47 Å². The summed E-state index contributed by atoms with van der Waals surface area (Å²) in [6.07, 6.45) is -0.262. The highest BCUT2D eigenvalue weighted by molar-refractivity contribution is 7.99. The van der Waals surface area contributed by atoms with Gasteiger partial charge in [0.15, 0.2) is 10.8 Å². The lowest BCUT2D eigenvalue weighted by atomic mass is 10.1. The Balaban J connectivity index is 1.34. The van der Waals surface area contributed by atoms with E-state index in [0.717, 1.165) is 33.4 Å². The molecule has 0 radical (unpaired) electrons. The van der Waals surface area contributed by atoms with E-state index in [2.05, 4.69) is 10.2 Å². The van der Waals surface area contributed by atoms with Crippen LogP contribution in [0, 0.1) is 12.7 Å². The molecule has 1 aliphatic heterocycles. The van der Waals surface area contributed by atoms with Crippen LogP contribution in [-0.2, 0) is 9.53 Å². The third-order valence-electron chi connectivity index (χ3n) is 5.86. The fourth-order valence-electron chi connectivity index (χ4n) is 4.10. The van der Waals surface area contributed by atoms with Crippen molar-refractivity contribution in [3.63, 3.8) is 0 Å². The average Bonchev–Trinajstić information content (AvgIpc) is 3.25. The largest absolute Gasteiger partial charge is 0.497 e. The highest BCUT2D eigenvalue weighted by Gasteiger charge is 2.26. The van der Waals surface area contributed by atoms with E-state index in [1.54, 1.807) is 24.1 Å². The van der Waals surface area contributed by atoms with Crippen LogP contribution in [0.3, 0.4) is 0 Å². The van der Waals surface area contributed by atoms with Gasteiger partial charge >= 0.3 is 0 Å². The van der Waals surface area contributed by atoms with Crippen LogP contribution in [0.25, 0.3) is 16.6 Å². The Bertz CT molecular complexity index is 1330. The van der Waals surface area contributed by atoms with E-state index in [1.807, 2.05) is 35.6 Å². The Morgan fingerprint density at radius 3 is 2.82 bits per heavy atom. The van der Waals surface area contributed by atoms with Crippen LogP contribution in [0.5, 0.6) is 5.75 Å². The molecule has 2 aromatic heterocycles. The van der Waals surface area contributed by atoms with Gasteiger partial charge in [0, 0.05) is 18.0 Å². The summed E-state index contributed by atoms with van der Waals surface area (Å²) in [7, 11) is 1.64. The highest BCUT2D eigenvalue weighted by Crippen LogP contribution is 2.29. The highest BCUT2D eigenvalue weighted by atomic mass is 32.2. The van der Waals surface area contributed by atoms with Crippen LogP contribution >= 0.6 is 11.8 Å². The molecule has 4 aromatic rings. The maximum absolute atomic E-state index is 13.2. The number of pyridine rings is 1. The first kappa shape index (κ1) is 21.7. The van der Waals surface area contributed by atoms with Crippen molar-refractivity contribution in [2.75, 3.05) is 32.6 Å². The number of nitrogens with zero attached hydrogens (tertiary/aromatic N) is 4. The number of carbonyl (C=O) groups is 1. The van der Waals surface area contributed by atoms with Crippen molar-refractivity contribution in [2.24, 2.45) is 0 Å². The normalized spacial score (nSPS) is 16.5. The number of methoxy groups -OCH3 is 1. The van der Waals surface area contributed by atoms with Crippen molar-refractivity contribution >= 4 is 34.2 Å². The molecule has 5 rings (SSSR count). The van der Waals surface area contributed by atoms with Gasteiger partial charge in [-0.2, -0.15) is 0 Å². The Kier molecular flexibility index (Phi) is 5.90. The quantitative estimate of drug-likeness (QED) is 0.414. The van der Waals surface area contributed by atoms with Gasteiger partial charge in [-0.25, -0.2) is 4.39 Å². The molecule has 1 amide bonds. The van der Waals surface area contributed by atoms with Crippen molar-refractivity contribution in [3.8, 4) is 5.75 Å². The first-order valence-corrected chi connectivity index (χ1v) is 11.6. The van der Waals surface area contributed by atoms with Crippen molar-refractivity contribution in [3.05, 3.63) is 65.5 Å². The summed E-state index contributed by atoms with van der Waals surface area (Å²) >= 11 is 1.36. The van der Waals surface area contributed by atoms with Gasteiger partial charge in [0.1, 0.15) is 17.7 Å². The summed E-state index contributed by atoms with van der Waals surface area (Å²) in [5.74, 6) is 0.687. The van der Waals surface area contributed by atoms with Gasteiger partial charge in [-0.1, -0.05) is 23.9 Å². The Morgan fingerprint density at radius 2 is 2.03 bits per heavy atom. The Hall–Kier alpha value is -3.17. The van der Waals surface area contributed by atoms with Gasteiger partial charge in [0.25, 0.3) is 0 Å². The number of fused-ring (bicyclic) bond motifs is 3. The summed E-state index contributed by atoms with van der Waals surface area (Å²) in [6, 6.07) is 14.1. The van der Waals surface area contributed by atoms with E-state index < -0.39 is 0 Å². The summed E-state index contributed by atoms with van der Waals surface area (Å²) in [4.78, 5) is 14.8. The summed E-state index contributed by atoms with van der Waals surface area (Å²) in [6.45, 7) is 3.44. The zero-order valence-corrected chi connectivity index (χ0v) is 19.1. The molecule has 7 nitrogen and oxygen atoms in total. The molecule has 0 spiro atoms. The second-order valence-corrected chi connectivity index (χ2v) is 8.87. The maximum atomic E-state index is 13.2. The summed E-state index contributed by atoms with van der Waals surface area (Å²) < 4.78 is 26.4. The number of hydrogen-bond acceptors (Lipinski definition) is 6. The molecule has 0 aliphatic carbocycles. The fraction of sp³-hybridized carbons (Fsp3) is 0.292. The maximum Gasteiger partial charge on any atom is 0.233 e.